The van der Waals surface area contributed by atoms with E-state index in [2.05, 4.69) is 15.6 Å². The van der Waals surface area contributed by atoms with Gasteiger partial charge in [0, 0.05) is 30.2 Å². The van der Waals surface area contributed by atoms with Crippen molar-refractivity contribution in [3.8, 4) is 0 Å². The normalized spacial score (nSPS) is 11.5. The molecule has 2 N–H and O–H groups in total. The lowest BCUT2D eigenvalue weighted by Gasteiger charge is -2.28. The molecule has 0 aliphatic carbocycles. The van der Waals surface area contributed by atoms with Crippen molar-refractivity contribution in [2.24, 2.45) is 0 Å². The summed E-state index contributed by atoms with van der Waals surface area (Å²) in [6.45, 7) is 8.81. The maximum atomic E-state index is 13.3. The van der Waals surface area contributed by atoms with Crippen LogP contribution in [-0.4, -0.2) is 35.8 Å². The van der Waals surface area contributed by atoms with Crippen molar-refractivity contribution in [3.63, 3.8) is 0 Å². The van der Waals surface area contributed by atoms with Crippen LogP contribution in [0.3, 0.4) is 0 Å². The number of urea groups is 1. The maximum Gasteiger partial charge on any atom is 0.331 e. The first-order valence-electron chi connectivity index (χ1n) is 8.75. The van der Waals surface area contributed by atoms with Crippen molar-refractivity contribution in [3.05, 3.63) is 48.3 Å². The summed E-state index contributed by atoms with van der Waals surface area (Å²) in [6.07, 6.45) is 2.76. The summed E-state index contributed by atoms with van der Waals surface area (Å²) in [5, 5.41) is 5.76. The number of carbonyl (C=O) groups excluding carboxylic acids is 1. The van der Waals surface area contributed by atoms with Crippen molar-refractivity contribution in [2.75, 3.05) is 5.32 Å². The number of nitrogens with one attached hydrogen (secondary N) is 2. The molecule has 2 rings (SSSR count). The number of nitrogens with zero attached hydrogens (tertiary/aromatic N) is 2. The number of sulfonamides is 1. The molecule has 0 saturated heterocycles. The highest BCUT2D eigenvalue weighted by Crippen LogP contribution is 2.28. The van der Waals surface area contributed by atoms with Crippen LogP contribution in [0, 0.1) is 6.92 Å². The molecule has 0 aliphatic rings. The molecule has 7 nitrogen and oxygen atoms in total. The predicted octanol–water partition coefficient (Wildman–Crippen LogP) is 3.65. The number of carbonyl (C=O) groups is 1. The van der Waals surface area contributed by atoms with Gasteiger partial charge in [-0.2, -0.15) is 0 Å². The average Bonchev–Trinajstić information content (AvgIpc) is 2.53. The Kier molecular flexibility index (Phi) is 6.43. The third kappa shape index (κ3) is 4.97. The van der Waals surface area contributed by atoms with E-state index < -0.39 is 22.1 Å². The zero-order valence-corrected chi connectivity index (χ0v) is 17.0. The Morgan fingerprint density at radius 2 is 1.85 bits per heavy atom. The molecule has 0 unspecified atom stereocenters. The lowest BCUT2D eigenvalue weighted by atomic mass is 10.2. The molecule has 0 spiro atoms. The van der Waals surface area contributed by atoms with E-state index in [0.29, 0.717) is 5.69 Å². The van der Waals surface area contributed by atoms with Gasteiger partial charge in [-0.3, -0.25) is 4.98 Å². The van der Waals surface area contributed by atoms with Crippen LogP contribution in [0.25, 0.3) is 0 Å². The predicted molar refractivity (Wildman–Crippen MR) is 107 cm³/mol. The molecule has 27 heavy (non-hydrogen) atoms. The summed E-state index contributed by atoms with van der Waals surface area (Å²) in [5.41, 5.74) is 2.15. The van der Waals surface area contributed by atoms with Gasteiger partial charge in [-0.25, -0.2) is 17.5 Å². The molecule has 1 heterocycles. The van der Waals surface area contributed by atoms with Gasteiger partial charge in [-0.05, 0) is 58.4 Å². The van der Waals surface area contributed by atoms with Crippen LogP contribution >= 0.6 is 0 Å². The number of amides is 2. The second kappa shape index (κ2) is 8.39. The van der Waals surface area contributed by atoms with Crippen molar-refractivity contribution in [1.82, 2.24) is 14.6 Å². The van der Waals surface area contributed by atoms with Crippen molar-refractivity contribution in [2.45, 2.75) is 51.6 Å². The summed E-state index contributed by atoms with van der Waals surface area (Å²) in [6, 6.07) is 7.75. The summed E-state index contributed by atoms with van der Waals surface area (Å²) in [4.78, 5) is 16.4. The Morgan fingerprint density at radius 1 is 1.15 bits per heavy atom. The van der Waals surface area contributed by atoms with Crippen LogP contribution in [0.15, 0.2) is 47.6 Å². The highest BCUT2D eigenvalue weighted by atomic mass is 32.2. The number of rotatable bonds is 6. The van der Waals surface area contributed by atoms with Crippen LogP contribution in [0.4, 0.5) is 16.2 Å². The minimum absolute atomic E-state index is 0.0564. The van der Waals surface area contributed by atoms with Crippen molar-refractivity contribution >= 4 is 27.4 Å². The van der Waals surface area contributed by atoms with Crippen molar-refractivity contribution in [1.29, 1.82) is 0 Å². The molecule has 2 aromatic rings. The standard InChI is InChI=1S/C19H26N4O3S/c1-13(2)21-19(24)23(14(3)4)27(25,26)18-12-20-10-9-17(18)22-16-8-6-7-15(5)11-16/h6-14H,1-5H3,(H,20,22)(H,21,24). The molecule has 2 amide bonds. The number of aromatic nitrogens is 1. The number of pyridine rings is 1. The summed E-state index contributed by atoms with van der Waals surface area (Å²) in [7, 11) is -4.11. The number of anilines is 2. The van der Waals surface area contributed by atoms with Crippen LogP contribution < -0.4 is 10.6 Å². The Morgan fingerprint density at radius 3 is 2.44 bits per heavy atom. The SMILES string of the molecule is Cc1cccc(Nc2ccncc2S(=O)(=O)N(C(=O)NC(C)C)C(C)C)c1. The van der Waals surface area contributed by atoms with Crippen LogP contribution in [0.1, 0.15) is 33.3 Å². The highest BCUT2D eigenvalue weighted by Gasteiger charge is 2.34. The molecular weight excluding hydrogens is 364 g/mol. The van der Waals surface area contributed by atoms with Gasteiger partial charge in [0.05, 0.1) is 5.69 Å². The Balaban J connectivity index is 2.47. The topological polar surface area (TPSA) is 91.4 Å². The quantitative estimate of drug-likeness (QED) is 0.785. The molecule has 0 fully saturated rings. The van der Waals surface area contributed by atoms with Gasteiger partial charge < -0.3 is 10.6 Å². The fraction of sp³-hybridized carbons (Fsp3) is 0.368. The molecule has 0 radical (unpaired) electrons. The van der Waals surface area contributed by atoms with Crippen LogP contribution in [0.5, 0.6) is 0 Å². The smallest absolute Gasteiger partial charge is 0.331 e. The zero-order valence-electron chi connectivity index (χ0n) is 16.2. The molecular formula is C19H26N4O3S. The second-order valence-corrected chi connectivity index (χ2v) is 8.65. The number of benzene rings is 1. The van der Waals surface area contributed by atoms with Crippen LogP contribution in [0.2, 0.25) is 0 Å². The van der Waals surface area contributed by atoms with E-state index in [0.717, 1.165) is 15.6 Å². The first kappa shape index (κ1) is 20.7. The minimum atomic E-state index is -4.11. The van der Waals surface area contributed by atoms with Gasteiger partial charge in [-0.1, -0.05) is 12.1 Å². The first-order valence-corrected chi connectivity index (χ1v) is 10.2. The van der Waals surface area contributed by atoms with E-state index in [1.54, 1.807) is 33.8 Å². The molecule has 0 aliphatic heterocycles. The van der Waals surface area contributed by atoms with Gasteiger partial charge in [0.25, 0.3) is 10.0 Å². The van der Waals surface area contributed by atoms with E-state index in [1.807, 2.05) is 31.2 Å². The van der Waals surface area contributed by atoms with Gasteiger partial charge >= 0.3 is 6.03 Å². The van der Waals surface area contributed by atoms with E-state index >= 15 is 0 Å². The average molecular weight is 391 g/mol. The lowest BCUT2D eigenvalue weighted by Crippen LogP contribution is -2.49. The third-order valence-corrected chi connectivity index (χ3v) is 5.69. The van der Waals surface area contributed by atoms with Gasteiger partial charge in [0.15, 0.2) is 0 Å². The number of hydrogen-bond acceptors (Lipinski definition) is 5. The minimum Gasteiger partial charge on any atom is -0.354 e. The van der Waals surface area contributed by atoms with Gasteiger partial charge in [0.1, 0.15) is 4.90 Å². The molecule has 8 heteroatoms. The Hall–Kier alpha value is -2.61. The molecule has 1 aromatic carbocycles. The first-order chi connectivity index (χ1) is 12.6. The molecule has 1 aromatic heterocycles. The monoisotopic (exact) mass is 390 g/mol. The second-order valence-electron chi connectivity index (χ2n) is 6.87. The Bertz CT molecular complexity index is 911. The van der Waals surface area contributed by atoms with Gasteiger partial charge in [0.2, 0.25) is 0 Å². The summed E-state index contributed by atoms with van der Waals surface area (Å²) in [5.74, 6) is 0. The lowest BCUT2D eigenvalue weighted by molar-refractivity contribution is 0.213. The number of aryl methyl sites for hydroxylation is 1. The fourth-order valence-corrected chi connectivity index (χ4v) is 4.23. The summed E-state index contributed by atoms with van der Waals surface area (Å²) >= 11 is 0. The molecule has 0 saturated carbocycles. The van der Waals surface area contributed by atoms with E-state index in [1.165, 1.54) is 12.4 Å². The molecule has 0 bridgehead atoms. The molecule has 146 valence electrons. The van der Waals surface area contributed by atoms with Crippen LogP contribution in [-0.2, 0) is 10.0 Å². The largest absolute Gasteiger partial charge is 0.354 e. The van der Waals surface area contributed by atoms with E-state index in [4.69, 9.17) is 0 Å². The van der Waals surface area contributed by atoms with E-state index in [9.17, 15) is 13.2 Å². The highest BCUT2D eigenvalue weighted by molar-refractivity contribution is 7.89. The van der Waals surface area contributed by atoms with Crippen molar-refractivity contribution < 1.29 is 13.2 Å². The summed E-state index contributed by atoms with van der Waals surface area (Å²) < 4.78 is 27.4. The fourth-order valence-electron chi connectivity index (χ4n) is 2.60. The number of hydrogen-bond donors (Lipinski definition) is 2. The van der Waals surface area contributed by atoms with E-state index in [-0.39, 0.29) is 10.9 Å². The molecule has 0 atom stereocenters. The Labute approximate surface area is 160 Å². The zero-order chi connectivity index (χ0) is 20.2. The van der Waals surface area contributed by atoms with Gasteiger partial charge in [-0.15, -0.1) is 0 Å². The third-order valence-electron chi connectivity index (χ3n) is 3.70. The maximum absolute atomic E-state index is 13.3.